The number of carbonyl (C=O) groups is 2. The lowest BCUT2D eigenvalue weighted by atomic mass is 10.1. The van der Waals surface area contributed by atoms with Crippen molar-refractivity contribution < 1.29 is 9.59 Å². The van der Waals surface area contributed by atoms with Gasteiger partial charge in [-0.05, 0) is 50.1 Å². The normalized spacial score (nSPS) is 13.8. The summed E-state index contributed by atoms with van der Waals surface area (Å²) in [7, 11) is 0. The smallest absolute Gasteiger partial charge is 0.321 e. The number of benzene rings is 2. The van der Waals surface area contributed by atoms with Crippen LogP contribution in [0.3, 0.4) is 0 Å². The third-order valence-corrected chi connectivity index (χ3v) is 6.37. The van der Waals surface area contributed by atoms with Crippen LogP contribution in [0.15, 0.2) is 48.5 Å². The van der Waals surface area contributed by atoms with Crippen LogP contribution >= 0.6 is 11.6 Å². The molecule has 1 aliphatic heterocycles. The van der Waals surface area contributed by atoms with E-state index >= 15 is 0 Å². The zero-order valence-electron chi connectivity index (χ0n) is 19.1. The summed E-state index contributed by atoms with van der Waals surface area (Å²) in [6.07, 6.45) is 0. The molecule has 1 fully saturated rings. The Labute approximate surface area is 198 Å². The number of amides is 3. The molecule has 33 heavy (non-hydrogen) atoms. The summed E-state index contributed by atoms with van der Waals surface area (Å²) >= 11 is 6.30. The summed E-state index contributed by atoms with van der Waals surface area (Å²) in [6, 6.07) is 15.2. The first-order valence-electron chi connectivity index (χ1n) is 11.0. The summed E-state index contributed by atoms with van der Waals surface area (Å²) in [6.45, 7) is 8.19. The van der Waals surface area contributed by atoms with E-state index in [9.17, 15) is 9.59 Å². The lowest BCUT2D eigenvalue weighted by Crippen LogP contribution is -2.51. The van der Waals surface area contributed by atoms with E-state index in [2.05, 4.69) is 10.4 Å². The topological polar surface area (TPSA) is 70.5 Å². The van der Waals surface area contributed by atoms with E-state index in [0.29, 0.717) is 49.0 Å². The van der Waals surface area contributed by atoms with Gasteiger partial charge in [0, 0.05) is 42.6 Å². The summed E-state index contributed by atoms with van der Waals surface area (Å²) < 4.78 is 1.83. The molecule has 4 rings (SSSR count). The van der Waals surface area contributed by atoms with Gasteiger partial charge in [-0.25, -0.2) is 4.79 Å². The fraction of sp³-hybridized carbons (Fsp3) is 0.320. The van der Waals surface area contributed by atoms with Crippen LogP contribution in [-0.4, -0.2) is 57.7 Å². The van der Waals surface area contributed by atoms with Crippen LogP contribution in [0.2, 0.25) is 5.02 Å². The third-order valence-electron chi connectivity index (χ3n) is 6.00. The molecule has 7 nitrogen and oxygen atoms in total. The fourth-order valence-electron chi connectivity index (χ4n) is 4.14. The largest absolute Gasteiger partial charge is 0.335 e. The van der Waals surface area contributed by atoms with Gasteiger partial charge in [-0.2, -0.15) is 5.10 Å². The first kappa shape index (κ1) is 22.9. The Balaban J connectivity index is 1.40. The summed E-state index contributed by atoms with van der Waals surface area (Å²) in [5.74, 6) is -0.0471. The quantitative estimate of drug-likeness (QED) is 0.616. The van der Waals surface area contributed by atoms with Gasteiger partial charge in [0.2, 0.25) is 0 Å². The monoisotopic (exact) mass is 465 g/mol. The molecule has 0 aliphatic carbocycles. The maximum atomic E-state index is 13.3. The molecule has 0 atom stereocenters. The maximum Gasteiger partial charge on any atom is 0.321 e. The van der Waals surface area contributed by atoms with Gasteiger partial charge in [0.25, 0.3) is 5.91 Å². The number of aromatic nitrogens is 2. The second-order valence-corrected chi connectivity index (χ2v) is 8.78. The van der Waals surface area contributed by atoms with E-state index < -0.39 is 0 Å². The molecule has 3 amide bonds. The lowest BCUT2D eigenvalue weighted by Gasteiger charge is -2.34. The molecule has 8 heteroatoms. The van der Waals surface area contributed by atoms with Gasteiger partial charge in [-0.3, -0.25) is 9.48 Å². The molecule has 0 spiro atoms. The molecule has 3 aromatic rings. The Hall–Kier alpha value is -3.32. The highest BCUT2D eigenvalue weighted by Gasteiger charge is 2.28. The number of anilines is 1. The second kappa shape index (κ2) is 9.67. The minimum atomic E-state index is -0.146. The van der Waals surface area contributed by atoms with E-state index in [1.165, 1.54) is 0 Å². The molecule has 0 saturated carbocycles. The molecule has 172 valence electrons. The number of hydrogen-bond acceptors (Lipinski definition) is 3. The molecule has 0 unspecified atom stereocenters. The van der Waals surface area contributed by atoms with Crippen LogP contribution in [0.25, 0.3) is 0 Å². The van der Waals surface area contributed by atoms with Crippen LogP contribution in [0.1, 0.15) is 32.9 Å². The number of nitrogens with zero attached hydrogens (tertiary/aromatic N) is 4. The molecule has 0 radical (unpaired) electrons. The van der Waals surface area contributed by atoms with Crippen molar-refractivity contribution in [3.05, 3.63) is 81.6 Å². The number of rotatable bonds is 4. The zero-order valence-corrected chi connectivity index (χ0v) is 19.9. The average molecular weight is 466 g/mol. The first-order valence-corrected chi connectivity index (χ1v) is 11.4. The van der Waals surface area contributed by atoms with E-state index in [4.69, 9.17) is 11.6 Å². The van der Waals surface area contributed by atoms with Gasteiger partial charge in [0.15, 0.2) is 0 Å². The number of piperazine rings is 1. The number of carbonyl (C=O) groups excluding carboxylic acids is 2. The van der Waals surface area contributed by atoms with Crippen molar-refractivity contribution in [3.63, 3.8) is 0 Å². The molecule has 0 bridgehead atoms. The first-order chi connectivity index (χ1) is 15.8. The Bertz CT molecular complexity index is 1180. The average Bonchev–Trinajstić information content (AvgIpc) is 3.07. The van der Waals surface area contributed by atoms with E-state index in [1.807, 2.05) is 74.0 Å². The van der Waals surface area contributed by atoms with E-state index in [0.717, 1.165) is 22.5 Å². The van der Waals surface area contributed by atoms with Crippen LogP contribution in [0, 0.1) is 20.8 Å². The highest BCUT2D eigenvalue weighted by molar-refractivity contribution is 6.31. The van der Waals surface area contributed by atoms with Crippen LogP contribution in [-0.2, 0) is 6.54 Å². The summed E-state index contributed by atoms with van der Waals surface area (Å²) in [5, 5.41) is 8.21. The van der Waals surface area contributed by atoms with Gasteiger partial charge in [-0.1, -0.05) is 41.9 Å². The highest BCUT2D eigenvalue weighted by atomic mass is 35.5. The number of aryl methyl sites for hydroxylation is 2. The molecule has 1 aromatic heterocycles. The van der Waals surface area contributed by atoms with Gasteiger partial charge in [-0.15, -0.1) is 0 Å². The molecule has 2 aromatic carbocycles. The standard InChI is InChI=1S/C25H28ClN5O2/c1-17-7-6-9-21(15-17)27-25(33)30-13-11-29(12-14-30)24(32)23-18(2)28-31(19(23)3)16-20-8-4-5-10-22(20)26/h4-10,15H,11-14,16H2,1-3H3,(H,27,33). The lowest BCUT2D eigenvalue weighted by molar-refractivity contribution is 0.0670. The summed E-state index contributed by atoms with van der Waals surface area (Å²) in [4.78, 5) is 29.5. The molecule has 2 heterocycles. The molecule has 1 N–H and O–H groups in total. The van der Waals surface area contributed by atoms with Gasteiger partial charge < -0.3 is 15.1 Å². The maximum absolute atomic E-state index is 13.3. The highest BCUT2D eigenvalue weighted by Crippen LogP contribution is 2.21. The van der Waals surface area contributed by atoms with E-state index in [1.54, 1.807) is 9.80 Å². The number of hydrogen-bond donors (Lipinski definition) is 1. The van der Waals surface area contributed by atoms with Crippen LogP contribution in [0.5, 0.6) is 0 Å². The Morgan fingerprint density at radius 2 is 1.67 bits per heavy atom. The van der Waals surface area contributed by atoms with Gasteiger partial charge >= 0.3 is 6.03 Å². The van der Waals surface area contributed by atoms with Crippen molar-refractivity contribution >= 4 is 29.2 Å². The Morgan fingerprint density at radius 3 is 2.36 bits per heavy atom. The van der Waals surface area contributed by atoms with Crippen LogP contribution < -0.4 is 5.32 Å². The van der Waals surface area contributed by atoms with Gasteiger partial charge in [0.1, 0.15) is 0 Å². The SMILES string of the molecule is Cc1cccc(NC(=O)N2CCN(C(=O)c3c(C)nn(Cc4ccccc4Cl)c3C)CC2)c1. The predicted molar refractivity (Wildman–Crippen MR) is 130 cm³/mol. The summed E-state index contributed by atoms with van der Waals surface area (Å²) in [5.41, 5.74) is 4.96. The minimum absolute atomic E-state index is 0.0471. The van der Waals surface area contributed by atoms with Crippen molar-refractivity contribution in [3.8, 4) is 0 Å². The third kappa shape index (κ3) is 5.03. The minimum Gasteiger partial charge on any atom is -0.335 e. The van der Waals surface area contributed by atoms with Crippen molar-refractivity contribution in [1.29, 1.82) is 0 Å². The van der Waals surface area contributed by atoms with E-state index in [-0.39, 0.29) is 11.9 Å². The number of halogens is 1. The Morgan fingerprint density at radius 1 is 0.970 bits per heavy atom. The van der Waals surface area contributed by atoms with Crippen molar-refractivity contribution in [2.75, 3.05) is 31.5 Å². The van der Waals surface area contributed by atoms with Crippen molar-refractivity contribution in [2.45, 2.75) is 27.3 Å². The number of nitrogens with one attached hydrogen (secondary N) is 1. The molecule has 1 saturated heterocycles. The van der Waals surface area contributed by atoms with Crippen molar-refractivity contribution in [1.82, 2.24) is 19.6 Å². The second-order valence-electron chi connectivity index (χ2n) is 8.37. The van der Waals surface area contributed by atoms with Crippen molar-refractivity contribution in [2.24, 2.45) is 0 Å². The predicted octanol–water partition coefficient (Wildman–Crippen LogP) is 4.50. The fourth-order valence-corrected chi connectivity index (χ4v) is 4.34. The zero-order chi connectivity index (χ0) is 23.5. The van der Waals surface area contributed by atoms with Crippen LogP contribution in [0.4, 0.5) is 10.5 Å². The Kier molecular flexibility index (Phi) is 6.70. The molecular formula is C25H28ClN5O2. The molecular weight excluding hydrogens is 438 g/mol. The van der Waals surface area contributed by atoms with Gasteiger partial charge in [0.05, 0.1) is 17.8 Å². The molecule has 1 aliphatic rings. The number of urea groups is 1.